The van der Waals surface area contributed by atoms with Crippen LogP contribution < -0.4 is 5.32 Å². The first-order valence-electron chi connectivity index (χ1n) is 11.9. The Hall–Kier alpha value is -1.91. The van der Waals surface area contributed by atoms with Crippen LogP contribution in [0.2, 0.25) is 0 Å². The molecule has 168 valence electrons. The standard InChI is InChI=1S/C27H37FN2O/c1-19-4-11-25(31)16-26(19)27(12-14-29-17-22-7-9-24(28)10-8-22)13-15-30(18-23-5-6-23)21(3)20(27)2/h4,7-11,16,20-21,23,29,31H,5-6,12-15,17-18H2,1-3H3/t20-,21?,27?/m0/s1. The molecule has 4 heteroatoms. The third-order valence-electron chi connectivity index (χ3n) is 7.95. The summed E-state index contributed by atoms with van der Waals surface area (Å²) in [4.78, 5) is 2.70. The van der Waals surface area contributed by atoms with Gasteiger partial charge in [0.2, 0.25) is 0 Å². The first kappa shape index (κ1) is 22.3. The van der Waals surface area contributed by atoms with Crippen LogP contribution >= 0.6 is 0 Å². The highest BCUT2D eigenvalue weighted by molar-refractivity contribution is 5.41. The lowest BCUT2D eigenvalue weighted by atomic mass is 9.61. The van der Waals surface area contributed by atoms with Gasteiger partial charge in [-0.2, -0.15) is 0 Å². The Labute approximate surface area is 186 Å². The van der Waals surface area contributed by atoms with E-state index >= 15 is 0 Å². The maximum absolute atomic E-state index is 13.2. The van der Waals surface area contributed by atoms with E-state index in [-0.39, 0.29) is 11.2 Å². The molecule has 2 fully saturated rings. The van der Waals surface area contributed by atoms with E-state index in [9.17, 15) is 9.50 Å². The van der Waals surface area contributed by atoms with Crippen molar-refractivity contribution in [3.8, 4) is 5.75 Å². The van der Waals surface area contributed by atoms with E-state index in [0.29, 0.717) is 17.7 Å². The van der Waals surface area contributed by atoms with Crippen LogP contribution in [0.4, 0.5) is 4.39 Å². The number of phenolic OH excluding ortho intramolecular Hbond substituents is 1. The van der Waals surface area contributed by atoms with Gasteiger partial charge < -0.3 is 15.3 Å². The minimum Gasteiger partial charge on any atom is -0.508 e. The van der Waals surface area contributed by atoms with Gasteiger partial charge in [0.15, 0.2) is 0 Å². The van der Waals surface area contributed by atoms with Crippen LogP contribution in [0.15, 0.2) is 42.5 Å². The maximum atomic E-state index is 13.2. The van der Waals surface area contributed by atoms with Crippen molar-refractivity contribution in [3.63, 3.8) is 0 Å². The summed E-state index contributed by atoms with van der Waals surface area (Å²) in [5.74, 6) is 1.57. The molecular formula is C27H37FN2O. The second-order valence-corrected chi connectivity index (χ2v) is 9.93. The summed E-state index contributed by atoms with van der Waals surface area (Å²) in [7, 11) is 0. The van der Waals surface area contributed by atoms with Crippen molar-refractivity contribution in [2.75, 3.05) is 19.6 Å². The van der Waals surface area contributed by atoms with E-state index < -0.39 is 0 Å². The maximum Gasteiger partial charge on any atom is 0.123 e. The number of rotatable bonds is 8. The zero-order valence-electron chi connectivity index (χ0n) is 19.2. The molecular weight excluding hydrogens is 387 g/mol. The molecule has 0 amide bonds. The zero-order valence-corrected chi connectivity index (χ0v) is 19.2. The molecule has 0 spiro atoms. The molecule has 4 rings (SSSR count). The topological polar surface area (TPSA) is 35.5 Å². The van der Waals surface area contributed by atoms with Gasteiger partial charge in [0.05, 0.1) is 0 Å². The smallest absolute Gasteiger partial charge is 0.123 e. The van der Waals surface area contributed by atoms with Crippen molar-refractivity contribution in [1.82, 2.24) is 10.2 Å². The average Bonchev–Trinajstić information content (AvgIpc) is 3.58. The summed E-state index contributed by atoms with van der Waals surface area (Å²) in [5, 5.41) is 13.9. The molecule has 31 heavy (non-hydrogen) atoms. The van der Waals surface area contributed by atoms with Crippen molar-refractivity contribution in [3.05, 3.63) is 65.0 Å². The van der Waals surface area contributed by atoms with E-state index in [4.69, 9.17) is 0 Å². The van der Waals surface area contributed by atoms with Crippen LogP contribution in [0, 0.1) is 24.6 Å². The molecule has 2 unspecified atom stereocenters. The van der Waals surface area contributed by atoms with Crippen molar-refractivity contribution >= 4 is 0 Å². The molecule has 2 N–H and O–H groups in total. The van der Waals surface area contributed by atoms with Crippen LogP contribution in [0.3, 0.4) is 0 Å². The van der Waals surface area contributed by atoms with E-state index in [1.165, 1.54) is 42.6 Å². The van der Waals surface area contributed by atoms with Gasteiger partial charge in [-0.3, -0.25) is 0 Å². The van der Waals surface area contributed by atoms with Gasteiger partial charge in [-0.15, -0.1) is 0 Å². The highest BCUT2D eigenvalue weighted by atomic mass is 19.1. The molecule has 2 aliphatic rings. The van der Waals surface area contributed by atoms with Gasteiger partial charge in [0, 0.05) is 24.5 Å². The highest BCUT2D eigenvalue weighted by Crippen LogP contribution is 2.47. The number of nitrogens with one attached hydrogen (secondary N) is 1. The van der Waals surface area contributed by atoms with Gasteiger partial charge >= 0.3 is 0 Å². The number of piperidine rings is 1. The molecule has 0 bridgehead atoms. The minimum absolute atomic E-state index is 0.0398. The molecule has 0 aromatic heterocycles. The second-order valence-electron chi connectivity index (χ2n) is 9.93. The number of hydrogen-bond acceptors (Lipinski definition) is 3. The lowest BCUT2D eigenvalue weighted by Gasteiger charge is -2.52. The van der Waals surface area contributed by atoms with Gasteiger partial charge in [0.1, 0.15) is 11.6 Å². The van der Waals surface area contributed by atoms with Crippen molar-refractivity contribution in [1.29, 1.82) is 0 Å². The van der Waals surface area contributed by atoms with Crippen LogP contribution in [0.25, 0.3) is 0 Å². The Balaban J connectivity index is 1.51. The molecule has 1 saturated heterocycles. The molecule has 0 radical (unpaired) electrons. The first-order chi connectivity index (χ1) is 14.9. The zero-order chi connectivity index (χ0) is 22.0. The number of likely N-dealkylation sites (tertiary alicyclic amines) is 1. The Bertz CT molecular complexity index is 879. The molecule has 1 aliphatic heterocycles. The number of hydrogen-bond donors (Lipinski definition) is 2. The van der Waals surface area contributed by atoms with E-state index in [0.717, 1.165) is 44.0 Å². The molecule has 1 aliphatic carbocycles. The Morgan fingerprint density at radius 3 is 2.58 bits per heavy atom. The van der Waals surface area contributed by atoms with Crippen LogP contribution in [0.1, 0.15) is 56.2 Å². The monoisotopic (exact) mass is 424 g/mol. The number of phenols is 1. The highest BCUT2D eigenvalue weighted by Gasteiger charge is 2.46. The summed E-state index contributed by atoms with van der Waals surface area (Å²) in [6.07, 6.45) is 4.93. The Kier molecular flexibility index (Phi) is 6.68. The van der Waals surface area contributed by atoms with Crippen LogP contribution in [0.5, 0.6) is 5.75 Å². The van der Waals surface area contributed by atoms with Gasteiger partial charge in [-0.05, 0) is 105 Å². The van der Waals surface area contributed by atoms with E-state index in [1.807, 2.05) is 18.2 Å². The molecule has 2 aromatic rings. The summed E-state index contributed by atoms with van der Waals surface area (Å²) >= 11 is 0. The molecule has 1 saturated carbocycles. The SMILES string of the molecule is Cc1ccc(O)cc1C1(CCNCc2ccc(F)cc2)CCN(CC2CC2)C(C)[C@@H]1C. The fourth-order valence-corrected chi connectivity index (χ4v) is 5.60. The van der Waals surface area contributed by atoms with Crippen molar-refractivity contribution in [2.24, 2.45) is 11.8 Å². The summed E-state index contributed by atoms with van der Waals surface area (Å²) in [6, 6.07) is 13.1. The quantitative estimate of drug-likeness (QED) is 0.557. The van der Waals surface area contributed by atoms with Gasteiger partial charge in [-0.25, -0.2) is 4.39 Å². The van der Waals surface area contributed by atoms with E-state index in [1.54, 1.807) is 6.07 Å². The van der Waals surface area contributed by atoms with Crippen molar-refractivity contribution in [2.45, 2.75) is 64.5 Å². The number of aromatic hydroxyl groups is 1. The summed E-state index contributed by atoms with van der Waals surface area (Å²) in [6.45, 7) is 11.0. The van der Waals surface area contributed by atoms with Crippen molar-refractivity contribution < 1.29 is 9.50 Å². The van der Waals surface area contributed by atoms with Gasteiger partial charge in [0.25, 0.3) is 0 Å². The third-order valence-corrected chi connectivity index (χ3v) is 7.95. The number of nitrogens with zero attached hydrogens (tertiary/aromatic N) is 1. The normalized spacial score (nSPS) is 26.8. The Morgan fingerprint density at radius 2 is 1.87 bits per heavy atom. The number of halogens is 1. The molecule has 2 aromatic carbocycles. The van der Waals surface area contributed by atoms with Crippen LogP contribution in [-0.4, -0.2) is 35.7 Å². The Morgan fingerprint density at radius 1 is 1.13 bits per heavy atom. The largest absolute Gasteiger partial charge is 0.508 e. The third kappa shape index (κ3) is 4.96. The molecule has 3 atom stereocenters. The number of aryl methyl sites for hydroxylation is 1. The van der Waals surface area contributed by atoms with Gasteiger partial charge in [-0.1, -0.05) is 25.1 Å². The summed E-state index contributed by atoms with van der Waals surface area (Å²) < 4.78 is 13.2. The average molecular weight is 425 g/mol. The fraction of sp³-hybridized carbons (Fsp3) is 0.556. The van der Waals surface area contributed by atoms with Crippen LogP contribution in [-0.2, 0) is 12.0 Å². The minimum atomic E-state index is -0.192. The number of benzene rings is 2. The molecule has 1 heterocycles. The fourth-order valence-electron chi connectivity index (χ4n) is 5.60. The predicted octanol–water partition coefficient (Wildman–Crippen LogP) is 5.40. The molecule has 3 nitrogen and oxygen atoms in total. The summed E-state index contributed by atoms with van der Waals surface area (Å²) in [5.41, 5.74) is 3.72. The van der Waals surface area contributed by atoms with E-state index in [2.05, 4.69) is 37.1 Å². The second kappa shape index (κ2) is 9.30. The lowest BCUT2D eigenvalue weighted by molar-refractivity contribution is 0.0363. The first-order valence-corrected chi connectivity index (χ1v) is 11.9. The lowest BCUT2D eigenvalue weighted by Crippen LogP contribution is -2.55. The predicted molar refractivity (Wildman–Crippen MR) is 125 cm³/mol.